The average molecular weight is 262 g/mol. The monoisotopic (exact) mass is 262 g/mol. The van der Waals surface area contributed by atoms with Gasteiger partial charge in [0, 0.05) is 5.69 Å². The van der Waals surface area contributed by atoms with E-state index in [0.29, 0.717) is 11.3 Å². The molecule has 0 aliphatic carbocycles. The molecule has 1 aromatic rings. The summed E-state index contributed by atoms with van der Waals surface area (Å²) in [6.45, 7) is 0.888. The Labute approximate surface area is 112 Å². The molecule has 0 aromatic heterocycles. The minimum Gasteiger partial charge on any atom is -0.465 e. The van der Waals surface area contributed by atoms with Gasteiger partial charge >= 0.3 is 5.97 Å². The third kappa shape index (κ3) is 3.54. The molecule has 102 valence electrons. The molecule has 5 nitrogen and oxygen atoms in total. The van der Waals surface area contributed by atoms with Crippen molar-refractivity contribution in [3.05, 3.63) is 29.8 Å². The fraction of sp³-hybridized carbons (Fsp3) is 0.429. The molecule has 2 N–H and O–H groups in total. The summed E-state index contributed by atoms with van der Waals surface area (Å²) in [5.41, 5.74) is 1.15. The lowest BCUT2D eigenvalue weighted by atomic mass is 10.0. The van der Waals surface area contributed by atoms with Crippen LogP contribution in [0.25, 0.3) is 0 Å². The molecule has 0 radical (unpaired) electrons. The van der Waals surface area contributed by atoms with Gasteiger partial charge in [-0.25, -0.2) is 4.79 Å². The number of methoxy groups -OCH3 is 1. The molecule has 1 amide bonds. The van der Waals surface area contributed by atoms with Gasteiger partial charge < -0.3 is 15.4 Å². The van der Waals surface area contributed by atoms with E-state index in [-0.39, 0.29) is 17.9 Å². The highest BCUT2D eigenvalue weighted by Crippen LogP contribution is 2.13. The Morgan fingerprint density at radius 2 is 2.00 bits per heavy atom. The maximum atomic E-state index is 12.0. The van der Waals surface area contributed by atoms with E-state index in [1.54, 1.807) is 24.3 Å². The molecule has 0 saturated carbocycles. The molecular weight excluding hydrogens is 244 g/mol. The number of ether oxygens (including phenoxy) is 1. The van der Waals surface area contributed by atoms with Crippen LogP contribution < -0.4 is 10.6 Å². The van der Waals surface area contributed by atoms with E-state index in [0.717, 1.165) is 25.8 Å². The number of nitrogens with one attached hydrogen (secondary N) is 2. The topological polar surface area (TPSA) is 67.4 Å². The number of anilines is 1. The van der Waals surface area contributed by atoms with Crippen molar-refractivity contribution in [2.45, 2.75) is 25.3 Å². The van der Waals surface area contributed by atoms with Crippen LogP contribution in [0.5, 0.6) is 0 Å². The first-order valence-electron chi connectivity index (χ1n) is 6.43. The van der Waals surface area contributed by atoms with Crippen LogP contribution in [0.4, 0.5) is 5.69 Å². The first-order chi connectivity index (χ1) is 9.20. The second-order valence-corrected chi connectivity index (χ2v) is 4.56. The molecule has 1 aromatic carbocycles. The number of hydrogen-bond donors (Lipinski definition) is 2. The van der Waals surface area contributed by atoms with Crippen molar-refractivity contribution < 1.29 is 14.3 Å². The summed E-state index contributed by atoms with van der Waals surface area (Å²) in [5.74, 6) is -0.405. The van der Waals surface area contributed by atoms with Gasteiger partial charge in [0.1, 0.15) is 0 Å². The third-order valence-corrected chi connectivity index (χ3v) is 3.20. The summed E-state index contributed by atoms with van der Waals surface area (Å²) in [6, 6.07) is 6.56. The standard InChI is InChI=1S/C14H18N2O3/c1-19-14(18)10-5-7-11(8-6-10)16-13(17)12-4-2-3-9-15-12/h5-8,12,15H,2-4,9H2,1H3,(H,16,17). The molecule has 5 heteroatoms. The summed E-state index contributed by atoms with van der Waals surface area (Å²) in [5, 5.41) is 6.03. The molecule has 1 fully saturated rings. The maximum Gasteiger partial charge on any atom is 0.337 e. The second kappa shape index (κ2) is 6.33. The molecule has 1 aliphatic heterocycles. The van der Waals surface area contributed by atoms with Gasteiger partial charge in [-0.3, -0.25) is 4.79 Å². The van der Waals surface area contributed by atoms with E-state index in [1.807, 2.05) is 0 Å². The van der Waals surface area contributed by atoms with Crippen molar-refractivity contribution in [3.8, 4) is 0 Å². The number of hydrogen-bond acceptors (Lipinski definition) is 4. The van der Waals surface area contributed by atoms with E-state index in [9.17, 15) is 9.59 Å². The second-order valence-electron chi connectivity index (χ2n) is 4.56. The van der Waals surface area contributed by atoms with Gasteiger partial charge in [-0.05, 0) is 43.7 Å². The summed E-state index contributed by atoms with van der Waals surface area (Å²) < 4.78 is 4.62. The Morgan fingerprint density at radius 3 is 2.58 bits per heavy atom. The molecule has 19 heavy (non-hydrogen) atoms. The number of carbonyl (C=O) groups excluding carboxylic acids is 2. The van der Waals surface area contributed by atoms with Gasteiger partial charge in [0.25, 0.3) is 0 Å². The van der Waals surface area contributed by atoms with Crippen molar-refractivity contribution in [3.63, 3.8) is 0 Å². The Bertz CT molecular complexity index is 450. The first-order valence-corrected chi connectivity index (χ1v) is 6.43. The molecule has 1 aliphatic rings. The molecule has 1 unspecified atom stereocenters. The Kier molecular flexibility index (Phi) is 4.52. The van der Waals surface area contributed by atoms with Crippen molar-refractivity contribution >= 4 is 17.6 Å². The highest BCUT2D eigenvalue weighted by Gasteiger charge is 2.20. The fourth-order valence-corrected chi connectivity index (χ4v) is 2.11. The molecule has 0 spiro atoms. The van der Waals surface area contributed by atoms with Crippen LogP contribution in [0.15, 0.2) is 24.3 Å². The molecular formula is C14H18N2O3. The zero-order chi connectivity index (χ0) is 13.7. The smallest absolute Gasteiger partial charge is 0.337 e. The van der Waals surface area contributed by atoms with Crippen molar-refractivity contribution in [2.75, 3.05) is 19.0 Å². The van der Waals surface area contributed by atoms with E-state index < -0.39 is 0 Å². The number of piperidine rings is 1. The van der Waals surface area contributed by atoms with Crippen LogP contribution >= 0.6 is 0 Å². The first kappa shape index (κ1) is 13.5. The van der Waals surface area contributed by atoms with Crippen LogP contribution in [-0.2, 0) is 9.53 Å². The lowest BCUT2D eigenvalue weighted by molar-refractivity contribution is -0.118. The number of carbonyl (C=O) groups is 2. The van der Waals surface area contributed by atoms with Gasteiger partial charge in [-0.1, -0.05) is 6.42 Å². The minimum atomic E-state index is -0.383. The van der Waals surface area contributed by atoms with E-state index in [4.69, 9.17) is 0 Å². The minimum absolute atomic E-state index is 0.0227. The highest BCUT2D eigenvalue weighted by molar-refractivity contribution is 5.95. The van der Waals surface area contributed by atoms with Crippen LogP contribution in [-0.4, -0.2) is 31.6 Å². The zero-order valence-corrected chi connectivity index (χ0v) is 10.9. The van der Waals surface area contributed by atoms with Gasteiger partial charge in [0.2, 0.25) is 5.91 Å². The Balaban J connectivity index is 1.95. The number of rotatable bonds is 3. The molecule has 1 heterocycles. The predicted molar refractivity (Wildman–Crippen MR) is 72.1 cm³/mol. The Morgan fingerprint density at radius 1 is 1.26 bits per heavy atom. The highest BCUT2D eigenvalue weighted by atomic mass is 16.5. The van der Waals surface area contributed by atoms with Gasteiger partial charge in [0.05, 0.1) is 18.7 Å². The molecule has 1 saturated heterocycles. The van der Waals surface area contributed by atoms with E-state index in [1.165, 1.54) is 7.11 Å². The van der Waals surface area contributed by atoms with Gasteiger partial charge in [-0.15, -0.1) is 0 Å². The summed E-state index contributed by atoms with van der Waals surface area (Å²) in [6.07, 6.45) is 3.07. The SMILES string of the molecule is COC(=O)c1ccc(NC(=O)C2CCCCN2)cc1. The molecule has 1 atom stereocenters. The lowest BCUT2D eigenvalue weighted by Gasteiger charge is -2.22. The summed E-state index contributed by atoms with van der Waals surface area (Å²) >= 11 is 0. The predicted octanol–water partition coefficient (Wildman–Crippen LogP) is 1.55. The summed E-state index contributed by atoms with van der Waals surface area (Å²) in [4.78, 5) is 23.3. The quantitative estimate of drug-likeness (QED) is 0.811. The van der Waals surface area contributed by atoms with E-state index >= 15 is 0 Å². The van der Waals surface area contributed by atoms with Crippen molar-refractivity contribution in [2.24, 2.45) is 0 Å². The third-order valence-electron chi connectivity index (χ3n) is 3.20. The molecule has 2 rings (SSSR count). The largest absolute Gasteiger partial charge is 0.465 e. The van der Waals surface area contributed by atoms with Crippen molar-refractivity contribution in [1.29, 1.82) is 0 Å². The average Bonchev–Trinajstić information content (AvgIpc) is 2.48. The number of amides is 1. The van der Waals surface area contributed by atoms with Crippen LogP contribution in [0, 0.1) is 0 Å². The van der Waals surface area contributed by atoms with Crippen LogP contribution in [0.1, 0.15) is 29.6 Å². The fourth-order valence-electron chi connectivity index (χ4n) is 2.11. The normalized spacial score (nSPS) is 18.7. The lowest BCUT2D eigenvalue weighted by Crippen LogP contribution is -2.43. The van der Waals surface area contributed by atoms with Gasteiger partial charge in [0.15, 0.2) is 0 Å². The van der Waals surface area contributed by atoms with Crippen LogP contribution in [0.2, 0.25) is 0 Å². The zero-order valence-electron chi connectivity index (χ0n) is 10.9. The Hall–Kier alpha value is -1.88. The maximum absolute atomic E-state index is 12.0. The van der Waals surface area contributed by atoms with Crippen molar-refractivity contribution in [1.82, 2.24) is 5.32 Å². The van der Waals surface area contributed by atoms with Gasteiger partial charge in [-0.2, -0.15) is 0 Å². The molecule has 0 bridgehead atoms. The number of esters is 1. The number of benzene rings is 1. The summed E-state index contributed by atoms with van der Waals surface area (Å²) in [7, 11) is 1.34. The van der Waals surface area contributed by atoms with Crippen LogP contribution in [0.3, 0.4) is 0 Å². The van der Waals surface area contributed by atoms with E-state index in [2.05, 4.69) is 15.4 Å².